The van der Waals surface area contributed by atoms with Crippen LogP contribution in [0.1, 0.15) is 32.1 Å². The minimum Gasteiger partial charge on any atom is -0.550 e. The summed E-state index contributed by atoms with van der Waals surface area (Å²) in [6, 6.07) is 0. The Morgan fingerprint density at radius 3 is 1.79 bits per heavy atom. The first kappa shape index (κ1) is 31.9. The number of carboxylic acid groups (broad SMARTS) is 3. The number of aliphatic carboxylic acids is 3. The number of carboxylic acids is 3. The summed E-state index contributed by atoms with van der Waals surface area (Å²) < 4.78 is 0. The SMILES string of the molecule is C=CCCC(O)CN(CCC(=O)O)CCN(CCC(=O)[O-])CCC(=O)[O-].[Li+].[Li+]. The van der Waals surface area contributed by atoms with Crippen molar-refractivity contribution in [3.8, 4) is 0 Å². The third-order valence-electron chi connectivity index (χ3n) is 3.81. The summed E-state index contributed by atoms with van der Waals surface area (Å²) in [6.07, 6.45) is 1.64. The quantitative estimate of drug-likeness (QED) is 0.184. The van der Waals surface area contributed by atoms with Crippen molar-refractivity contribution >= 4 is 17.9 Å². The molecule has 1 atom stereocenters. The molecule has 0 heterocycles. The van der Waals surface area contributed by atoms with Crippen LogP contribution in [0.2, 0.25) is 0 Å². The Morgan fingerprint density at radius 1 is 0.893 bits per heavy atom. The van der Waals surface area contributed by atoms with Crippen LogP contribution in [-0.4, -0.2) is 83.3 Å². The van der Waals surface area contributed by atoms with Gasteiger partial charge < -0.3 is 34.9 Å². The molecule has 0 amide bonds. The average Bonchev–Trinajstić information content (AvgIpc) is 2.56. The Kier molecular flexibility index (Phi) is 22.3. The monoisotopic (exact) mass is 386 g/mol. The van der Waals surface area contributed by atoms with Gasteiger partial charge in [0.2, 0.25) is 0 Å². The Balaban J connectivity index is -0.00000312. The number of aliphatic hydroxyl groups is 1. The molecule has 1 unspecified atom stereocenters. The molecule has 9 nitrogen and oxygen atoms in total. The maximum absolute atomic E-state index is 10.8. The van der Waals surface area contributed by atoms with Crippen LogP contribution in [0.4, 0.5) is 0 Å². The molecule has 0 radical (unpaired) electrons. The van der Waals surface area contributed by atoms with Gasteiger partial charge in [-0.15, -0.1) is 6.58 Å². The summed E-state index contributed by atoms with van der Waals surface area (Å²) in [5, 5.41) is 40.1. The Labute approximate surface area is 190 Å². The normalized spacial score (nSPS) is 11.4. The number of nitrogens with zero attached hydrogens (tertiary/aromatic N) is 2. The molecular formula is C17H28Li2N2O7. The summed E-state index contributed by atoms with van der Waals surface area (Å²) in [5.41, 5.74) is 0. The molecule has 0 saturated heterocycles. The van der Waals surface area contributed by atoms with Crippen molar-refractivity contribution in [2.75, 3.05) is 39.3 Å². The number of rotatable bonds is 17. The summed E-state index contributed by atoms with van der Waals surface area (Å²) in [7, 11) is 0. The fraction of sp³-hybridized carbons (Fsp3) is 0.706. The van der Waals surface area contributed by atoms with Gasteiger partial charge in [-0.3, -0.25) is 9.69 Å². The summed E-state index contributed by atoms with van der Waals surface area (Å²) in [4.78, 5) is 35.5. The van der Waals surface area contributed by atoms with Gasteiger partial charge in [0.25, 0.3) is 0 Å². The van der Waals surface area contributed by atoms with Crippen LogP contribution in [0.15, 0.2) is 12.7 Å². The molecule has 0 saturated carbocycles. The second kappa shape index (κ2) is 19.5. The van der Waals surface area contributed by atoms with Gasteiger partial charge in [-0.05, 0) is 25.7 Å². The van der Waals surface area contributed by atoms with Crippen LogP contribution in [0.3, 0.4) is 0 Å². The van der Waals surface area contributed by atoms with Gasteiger partial charge in [0, 0.05) is 51.2 Å². The van der Waals surface area contributed by atoms with Gasteiger partial charge >= 0.3 is 43.7 Å². The van der Waals surface area contributed by atoms with Crippen molar-refractivity contribution in [2.45, 2.75) is 38.2 Å². The van der Waals surface area contributed by atoms with E-state index in [1.54, 1.807) is 15.9 Å². The van der Waals surface area contributed by atoms with E-state index in [1.165, 1.54) is 0 Å². The van der Waals surface area contributed by atoms with Crippen molar-refractivity contribution in [1.29, 1.82) is 0 Å². The largest absolute Gasteiger partial charge is 1.00 e. The zero-order valence-electron chi connectivity index (χ0n) is 17.0. The first-order chi connectivity index (χ1) is 12.2. The molecule has 0 fully saturated rings. The first-order valence-electron chi connectivity index (χ1n) is 8.59. The number of hydrogen-bond donors (Lipinski definition) is 2. The molecule has 0 aromatic carbocycles. The third-order valence-corrected chi connectivity index (χ3v) is 3.81. The molecule has 0 bridgehead atoms. The number of aliphatic hydroxyl groups excluding tert-OH is 1. The molecule has 0 spiro atoms. The van der Waals surface area contributed by atoms with Gasteiger partial charge in [-0.2, -0.15) is 0 Å². The van der Waals surface area contributed by atoms with E-state index in [0.717, 1.165) is 0 Å². The van der Waals surface area contributed by atoms with E-state index in [-0.39, 0.29) is 83.2 Å². The smallest absolute Gasteiger partial charge is 0.550 e. The van der Waals surface area contributed by atoms with E-state index in [1.807, 2.05) is 0 Å². The van der Waals surface area contributed by atoms with E-state index in [9.17, 15) is 29.7 Å². The van der Waals surface area contributed by atoms with Crippen LogP contribution in [0, 0.1) is 0 Å². The fourth-order valence-corrected chi connectivity index (χ4v) is 2.36. The molecule has 11 heteroatoms. The Hall–Kier alpha value is -0.775. The summed E-state index contributed by atoms with van der Waals surface area (Å²) in [6.45, 7) is 5.06. The molecule has 150 valence electrons. The van der Waals surface area contributed by atoms with E-state index in [0.29, 0.717) is 25.9 Å². The molecule has 0 rings (SSSR count). The standard InChI is InChI=1S/C17H30N2O7.2Li/c1-2-3-4-14(20)13-19(10-7-17(25)26)12-11-18(8-5-15(21)22)9-6-16(23)24;;/h2,14,20H,1,3-13H2,(H,21,22)(H,23,24)(H,25,26);;/q;2*+1/p-2. The Bertz CT molecular complexity index is 449. The van der Waals surface area contributed by atoms with Crippen LogP contribution in [0.25, 0.3) is 0 Å². The van der Waals surface area contributed by atoms with Crippen LogP contribution < -0.4 is 47.9 Å². The number of carbonyl (C=O) groups is 3. The average molecular weight is 386 g/mol. The van der Waals surface area contributed by atoms with E-state index in [4.69, 9.17) is 5.11 Å². The molecule has 0 aliphatic carbocycles. The second-order valence-electron chi connectivity index (χ2n) is 6.05. The van der Waals surface area contributed by atoms with Crippen LogP contribution >= 0.6 is 0 Å². The minimum atomic E-state index is -1.23. The van der Waals surface area contributed by atoms with Gasteiger partial charge in [0.05, 0.1) is 12.5 Å². The van der Waals surface area contributed by atoms with E-state index >= 15 is 0 Å². The third kappa shape index (κ3) is 20.0. The molecule has 0 aromatic rings. The molecule has 0 aliphatic rings. The molecule has 0 aromatic heterocycles. The predicted molar refractivity (Wildman–Crippen MR) is 89.8 cm³/mol. The van der Waals surface area contributed by atoms with Gasteiger partial charge in [-0.1, -0.05) is 6.08 Å². The van der Waals surface area contributed by atoms with Gasteiger partial charge in [-0.25, -0.2) is 0 Å². The fourth-order valence-electron chi connectivity index (χ4n) is 2.36. The van der Waals surface area contributed by atoms with Gasteiger partial charge in [0.15, 0.2) is 0 Å². The minimum absolute atomic E-state index is 0. The summed E-state index contributed by atoms with van der Waals surface area (Å²) >= 11 is 0. The maximum atomic E-state index is 10.8. The topological polar surface area (TPSA) is 144 Å². The number of carbonyl (C=O) groups excluding carboxylic acids is 2. The van der Waals surface area contributed by atoms with Crippen LogP contribution in [0.5, 0.6) is 0 Å². The van der Waals surface area contributed by atoms with Crippen molar-refractivity contribution in [2.24, 2.45) is 0 Å². The van der Waals surface area contributed by atoms with Crippen molar-refractivity contribution in [3.05, 3.63) is 12.7 Å². The van der Waals surface area contributed by atoms with Gasteiger partial charge in [0.1, 0.15) is 0 Å². The predicted octanol–water partition coefficient (Wildman–Crippen LogP) is -8.32. The zero-order valence-corrected chi connectivity index (χ0v) is 17.0. The molecule has 2 N–H and O–H groups in total. The van der Waals surface area contributed by atoms with Crippen molar-refractivity contribution in [1.82, 2.24) is 9.80 Å². The van der Waals surface area contributed by atoms with Crippen molar-refractivity contribution < 1.29 is 72.5 Å². The van der Waals surface area contributed by atoms with E-state index in [2.05, 4.69) is 6.58 Å². The van der Waals surface area contributed by atoms with Crippen LogP contribution in [-0.2, 0) is 14.4 Å². The zero-order chi connectivity index (χ0) is 19.9. The molecule has 0 aliphatic heterocycles. The molecule has 28 heavy (non-hydrogen) atoms. The first-order valence-corrected chi connectivity index (χ1v) is 8.59. The summed E-state index contributed by atoms with van der Waals surface area (Å²) in [5.74, 6) is -3.42. The maximum Gasteiger partial charge on any atom is 1.00 e. The second-order valence-corrected chi connectivity index (χ2v) is 6.05. The number of allylic oxidation sites excluding steroid dienone is 1. The van der Waals surface area contributed by atoms with Crippen molar-refractivity contribution in [3.63, 3.8) is 0 Å². The molecular weight excluding hydrogens is 358 g/mol. The number of hydrogen-bond acceptors (Lipinski definition) is 8. The Morgan fingerprint density at radius 2 is 1.36 bits per heavy atom. The van der Waals surface area contributed by atoms with E-state index < -0.39 is 24.0 Å².